The highest BCUT2D eigenvalue weighted by Crippen LogP contribution is 1.99. The Labute approximate surface area is 55.5 Å². The average Bonchev–Trinajstić information content (AvgIpc) is 1.97. The van der Waals surface area contributed by atoms with Crippen LogP contribution in [0.3, 0.4) is 0 Å². The Morgan fingerprint density at radius 3 is 3.00 bits per heavy atom. The molecule has 1 atom stereocenters. The summed E-state index contributed by atoms with van der Waals surface area (Å²) >= 11 is 0. The second kappa shape index (κ2) is 3.15. The Morgan fingerprint density at radius 1 is 1.44 bits per heavy atom. The van der Waals surface area contributed by atoms with Crippen LogP contribution in [0, 0.1) is 0 Å². The highest BCUT2D eigenvalue weighted by molar-refractivity contribution is 4.50. The first kappa shape index (κ1) is 6.99. The fourth-order valence-electron chi connectivity index (χ4n) is 0.714. The zero-order valence-corrected chi connectivity index (χ0v) is 5.96. The van der Waals surface area contributed by atoms with Crippen LogP contribution in [-0.2, 0) is 9.47 Å². The largest absolute Gasteiger partial charge is 0.363 e. The Bertz CT molecular complexity index is 77.1. The molecule has 1 heterocycles. The van der Waals surface area contributed by atoms with Crippen molar-refractivity contribution in [2.24, 2.45) is 0 Å². The van der Waals surface area contributed by atoms with Crippen molar-refractivity contribution in [3.05, 3.63) is 0 Å². The van der Waals surface area contributed by atoms with Gasteiger partial charge in [0.05, 0.1) is 12.7 Å². The van der Waals surface area contributed by atoms with Gasteiger partial charge in [-0.2, -0.15) is 0 Å². The molecule has 1 rings (SSSR count). The lowest BCUT2D eigenvalue weighted by molar-refractivity contribution is 0.0201. The fourth-order valence-corrected chi connectivity index (χ4v) is 0.714. The van der Waals surface area contributed by atoms with E-state index in [4.69, 9.17) is 9.47 Å². The molecule has 0 aliphatic carbocycles. The van der Waals surface area contributed by atoms with Gasteiger partial charge in [0.1, 0.15) is 13.5 Å². The van der Waals surface area contributed by atoms with Gasteiger partial charge in [0.2, 0.25) is 0 Å². The quantitative estimate of drug-likeness (QED) is 0.471. The van der Waals surface area contributed by atoms with Crippen LogP contribution in [0.1, 0.15) is 6.92 Å². The van der Waals surface area contributed by atoms with E-state index in [1.54, 1.807) is 0 Å². The summed E-state index contributed by atoms with van der Waals surface area (Å²) in [5.74, 6) is 0. The number of nitrogens with zero attached hydrogens (tertiary/aromatic N) is 1. The maximum absolute atomic E-state index is 5.32. The molecule has 54 valence electrons. The van der Waals surface area contributed by atoms with Gasteiger partial charge >= 0.3 is 0 Å². The predicted octanol–water partition coefficient (Wildman–Crippen LogP) is 0.268. The molecule has 0 aromatic carbocycles. The van der Waals surface area contributed by atoms with E-state index in [0.29, 0.717) is 20.1 Å². The van der Waals surface area contributed by atoms with Crippen LogP contribution < -0.4 is 0 Å². The number of hydrogen-bond acceptors (Lipinski definition) is 3. The van der Waals surface area contributed by atoms with E-state index in [1.165, 1.54) is 0 Å². The van der Waals surface area contributed by atoms with E-state index in [-0.39, 0.29) is 6.10 Å². The smallest absolute Gasteiger partial charge is 0.101 e. The maximum atomic E-state index is 5.32. The van der Waals surface area contributed by atoms with E-state index >= 15 is 0 Å². The maximum Gasteiger partial charge on any atom is 0.101 e. The molecule has 0 N–H and O–H groups in total. The average molecular weight is 131 g/mol. The van der Waals surface area contributed by atoms with Gasteiger partial charge in [0.25, 0.3) is 0 Å². The van der Waals surface area contributed by atoms with Gasteiger partial charge in [-0.25, -0.2) is 0 Å². The molecule has 0 saturated carbocycles. The molecule has 0 bridgehead atoms. The van der Waals surface area contributed by atoms with Gasteiger partial charge in [-0.1, -0.05) is 0 Å². The highest BCUT2D eigenvalue weighted by atomic mass is 16.6. The van der Waals surface area contributed by atoms with Gasteiger partial charge < -0.3 is 9.47 Å². The second-order valence-electron chi connectivity index (χ2n) is 2.46. The Balaban J connectivity index is 2.25. The first-order valence-corrected chi connectivity index (χ1v) is 3.17. The molecule has 3 nitrogen and oxygen atoms in total. The lowest BCUT2D eigenvalue weighted by Gasteiger charge is -2.10. The zero-order valence-electron chi connectivity index (χ0n) is 5.96. The molecule has 1 unspecified atom stereocenters. The predicted molar refractivity (Wildman–Crippen MR) is 34.0 cm³/mol. The van der Waals surface area contributed by atoms with Crippen LogP contribution in [0.2, 0.25) is 0 Å². The molecule has 1 aliphatic heterocycles. The lowest BCUT2D eigenvalue weighted by Crippen LogP contribution is -2.21. The number of rotatable bonds is 0. The standard InChI is InChI=1S/C6H13NO2/c1-6-3-8-4-7(2)5-9-6/h6H,3-5H2,1-2H3. The Hall–Kier alpha value is -0.120. The molecule has 9 heavy (non-hydrogen) atoms. The van der Waals surface area contributed by atoms with Gasteiger partial charge in [-0.3, -0.25) is 4.90 Å². The summed E-state index contributed by atoms with van der Waals surface area (Å²) in [6.45, 7) is 4.09. The molecule has 0 radical (unpaired) electrons. The summed E-state index contributed by atoms with van der Waals surface area (Å²) in [6, 6.07) is 0. The first-order valence-electron chi connectivity index (χ1n) is 3.17. The molecule has 0 spiro atoms. The number of ether oxygens (including phenoxy) is 2. The third-order valence-corrected chi connectivity index (χ3v) is 1.24. The van der Waals surface area contributed by atoms with E-state index in [2.05, 4.69) is 0 Å². The van der Waals surface area contributed by atoms with Crippen LogP contribution in [-0.4, -0.2) is 38.1 Å². The Morgan fingerprint density at radius 2 is 2.22 bits per heavy atom. The monoisotopic (exact) mass is 131 g/mol. The van der Waals surface area contributed by atoms with Crippen molar-refractivity contribution in [2.45, 2.75) is 13.0 Å². The van der Waals surface area contributed by atoms with Gasteiger partial charge in [0.15, 0.2) is 0 Å². The molecule has 3 heteroatoms. The van der Waals surface area contributed by atoms with Crippen molar-refractivity contribution in [3.8, 4) is 0 Å². The van der Waals surface area contributed by atoms with Crippen LogP contribution in [0.4, 0.5) is 0 Å². The SMILES string of the molecule is CC1COCN(C)CO1. The summed E-state index contributed by atoms with van der Waals surface area (Å²) in [7, 11) is 1.97. The molecular formula is C6H13NO2. The van der Waals surface area contributed by atoms with E-state index < -0.39 is 0 Å². The highest BCUT2D eigenvalue weighted by Gasteiger charge is 2.09. The van der Waals surface area contributed by atoms with Crippen LogP contribution >= 0.6 is 0 Å². The van der Waals surface area contributed by atoms with Crippen molar-refractivity contribution in [2.75, 3.05) is 27.1 Å². The molecule has 1 aliphatic rings. The van der Waals surface area contributed by atoms with Crippen molar-refractivity contribution in [3.63, 3.8) is 0 Å². The van der Waals surface area contributed by atoms with E-state index in [9.17, 15) is 0 Å². The molecule has 1 saturated heterocycles. The molecule has 0 aromatic rings. The molecule has 1 fully saturated rings. The minimum absolute atomic E-state index is 0.245. The molecule has 0 aromatic heterocycles. The zero-order chi connectivity index (χ0) is 6.69. The van der Waals surface area contributed by atoms with Gasteiger partial charge in [0, 0.05) is 0 Å². The van der Waals surface area contributed by atoms with Crippen LogP contribution in [0.15, 0.2) is 0 Å². The summed E-state index contributed by atoms with van der Waals surface area (Å²) < 4.78 is 10.5. The van der Waals surface area contributed by atoms with Gasteiger partial charge in [-0.05, 0) is 14.0 Å². The molecular weight excluding hydrogens is 118 g/mol. The summed E-state index contributed by atoms with van der Waals surface area (Å²) in [6.07, 6.45) is 0.245. The van der Waals surface area contributed by atoms with Gasteiger partial charge in [-0.15, -0.1) is 0 Å². The summed E-state index contributed by atoms with van der Waals surface area (Å²) in [4.78, 5) is 1.99. The number of hydrogen-bond donors (Lipinski definition) is 0. The second-order valence-corrected chi connectivity index (χ2v) is 2.46. The minimum Gasteiger partial charge on any atom is -0.363 e. The molecule has 0 amide bonds. The Kier molecular flexibility index (Phi) is 2.45. The fraction of sp³-hybridized carbons (Fsp3) is 1.00. The summed E-state index contributed by atoms with van der Waals surface area (Å²) in [5, 5.41) is 0. The van der Waals surface area contributed by atoms with Crippen molar-refractivity contribution >= 4 is 0 Å². The normalized spacial score (nSPS) is 32.0. The van der Waals surface area contributed by atoms with E-state index in [0.717, 1.165) is 0 Å². The first-order chi connectivity index (χ1) is 4.29. The summed E-state index contributed by atoms with van der Waals surface area (Å²) in [5.41, 5.74) is 0. The van der Waals surface area contributed by atoms with Crippen molar-refractivity contribution in [1.29, 1.82) is 0 Å². The van der Waals surface area contributed by atoms with Crippen LogP contribution in [0.25, 0.3) is 0 Å². The van der Waals surface area contributed by atoms with Crippen molar-refractivity contribution in [1.82, 2.24) is 4.90 Å². The van der Waals surface area contributed by atoms with E-state index in [1.807, 2.05) is 18.9 Å². The third kappa shape index (κ3) is 2.30. The third-order valence-electron chi connectivity index (χ3n) is 1.24. The minimum atomic E-state index is 0.245. The lowest BCUT2D eigenvalue weighted by atomic mass is 10.4. The van der Waals surface area contributed by atoms with Crippen molar-refractivity contribution < 1.29 is 9.47 Å². The van der Waals surface area contributed by atoms with Crippen LogP contribution in [0.5, 0.6) is 0 Å². The topological polar surface area (TPSA) is 21.7 Å².